The largest absolute Gasteiger partial charge is 0.490 e. The number of nitrogens with zero attached hydrogens (tertiary/aromatic N) is 1. The fourth-order valence-electron chi connectivity index (χ4n) is 2.34. The van der Waals surface area contributed by atoms with Gasteiger partial charge in [-0.2, -0.15) is 26.3 Å². The zero-order valence-electron chi connectivity index (χ0n) is 19.6. The monoisotopic (exact) mass is 596 g/mol. The average molecular weight is 597 g/mol. The van der Waals surface area contributed by atoms with Gasteiger partial charge in [0.05, 0.1) is 10.0 Å². The van der Waals surface area contributed by atoms with Gasteiger partial charge >= 0.3 is 24.3 Å². The second kappa shape index (κ2) is 15.9. The molecule has 0 spiro atoms. The molecule has 0 fully saturated rings. The van der Waals surface area contributed by atoms with Gasteiger partial charge in [0.15, 0.2) is 0 Å². The highest BCUT2D eigenvalue weighted by molar-refractivity contribution is 7.99. The summed E-state index contributed by atoms with van der Waals surface area (Å²) in [6, 6.07) is 14.4. The average Bonchev–Trinajstić information content (AvgIpc) is 2.74. The standard InChI is InChI=1S/C18H22Cl2N2S.2C2HF3O2/c1-13(12-22(2)3)21-11-14-7-4-5-10-17(14)23-18-15(19)8-6-9-16(18)20;2*3-2(4,5)1(6)7/h4-10,13,21H,11-12H2,1-3H3;2*(H,6,7). The van der Waals surface area contributed by atoms with Crippen molar-refractivity contribution in [3.8, 4) is 0 Å². The normalized spacial score (nSPS) is 12.1. The number of alkyl halides is 6. The third-order valence-corrected chi connectivity index (χ3v) is 5.98. The Labute approximate surface area is 223 Å². The van der Waals surface area contributed by atoms with Crippen LogP contribution in [0.1, 0.15) is 12.5 Å². The maximum absolute atomic E-state index is 10.6. The number of rotatable bonds is 7. The van der Waals surface area contributed by atoms with Gasteiger partial charge in [-0.05, 0) is 44.8 Å². The summed E-state index contributed by atoms with van der Waals surface area (Å²) >= 11 is 14.2. The fourth-order valence-corrected chi connectivity index (χ4v) is 3.93. The van der Waals surface area contributed by atoms with Gasteiger partial charge in [0.2, 0.25) is 0 Å². The number of hydrogen-bond acceptors (Lipinski definition) is 5. The molecule has 0 bridgehead atoms. The first-order valence-electron chi connectivity index (χ1n) is 10.0. The lowest BCUT2D eigenvalue weighted by atomic mass is 10.2. The van der Waals surface area contributed by atoms with Gasteiger partial charge in [0.1, 0.15) is 0 Å². The van der Waals surface area contributed by atoms with Crippen LogP contribution in [0.15, 0.2) is 52.3 Å². The van der Waals surface area contributed by atoms with Gasteiger partial charge < -0.3 is 20.4 Å². The zero-order valence-corrected chi connectivity index (χ0v) is 22.0. The van der Waals surface area contributed by atoms with Crippen LogP contribution in [0.5, 0.6) is 0 Å². The Morgan fingerprint density at radius 2 is 1.35 bits per heavy atom. The Bertz CT molecular complexity index is 979. The van der Waals surface area contributed by atoms with E-state index in [1.165, 1.54) is 10.5 Å². The molecule has 2 rings (SSSR count). The first kappa shape index (κ1) is 34.8. The molecule has 1 atom stereocenters. The molecule has 0 saturated carbocycles. The second-order valence-electron chi connectivity index (χ2n) is 7.41. The molecule has 0 heterocycles. The molecule has 208 valence electrons. The van der Waals surface area contributed by atoms with E-state index in [0.29, 0.717) is 16.1 Å². The Morgan fingerprint density at radius 1 is 0.919 bits per heavy atom. The fraction of sp³-hybridized carbons (Fsp3) is 0.364. The number of hydrogen-bond donors (Lipinski definition) is 3. The van der Waals surface area contributed by atoms with Crippen molar-refractivity contribution in [3.63, 3.8) is 0 Å². The lowest BCUT2D eigenvalue weighted by molar-refractivity contribution is -0.193. The minimum absolute atomic E-state index is 0.423. The summed E-state index contributed by atoms with van der Waals surface area (Å²) in [6.07, 6.45) is -10.2. The number of nitrogens with one attached hydrogen (secondary N) is 1. The highest BCUT2D eigenvalue weighted by Gasteiger charge is 2.38. The van der Waals surface area contributed by atoms with Crippen molar-refractivity contribution in [2.24, 2.45) is 0 Å². The van der Waals surface area contributed by atoms with Crippen molar-refractivity contribution in [2.75, 3.05) is 20.6 Å². The van der Waals surface area contributed by atoms with E-state index in [1.54, 1.807) is 11.8 Å². The Kier molecular flexibility index (Phi) is 15.0. The van der Waals surface area contributed by atoms with Crippen molar-refractivity contribution in [1.82, 2.24) is 10.2 Å². The number of benzene rings is 2. The molecule has 1 unspecified atom stereocenters. The predicted molar refractivity (Wildman–Crippen MR) is 129 cm³/mol. The molecule has 3 N–H and O–H groups in total. The molecule has 2 aromatic carbocycles. The van der Waals surface area contributed by atoms with Crippen LogP contribution in [-0.2, 0) is 16.1 Å². The summed E-state index contributed by atoms with van der Waals surface area (Å²) in [5.74, 6) is -5.51. The van der Waals surface area contributed by atoms with Gasteiger partial charge in [0, 0.05) is 28.9 Å². The van der Waals surface area contributed by atoms with Gasteiger partial charge in [-0.3, -0.25) is 0 Å². The molecule has 0 aliphatic heterocycles. The van der Waals surface area contributed by atoms with Crippen LogP contribution in [-0.4, -0.2) is 66.1 Å². The zero-order chi connectivity index (χ0) is 29.0. The van der Waals surface area contributed by atoms with Gasteiger partial charge in [0.25, 0.3) is 0 Å². The third kappa shape index (κ3) is 15.0. The smallest absolute Gasteiger partial charge is 0.475 e. The summed E-state index contributed by atoms with van der Waals surface area (Å²) in [5, 5.41) is 19.2. The first-order valence-corrected chi connectivity index (χ1v) is 11.6. The maximum Gasteiger partial charge on any atom is 0.490 e. The van der Waals surface area contributed by atoms with Crippen molar-refractivity contribution < 1.29 is 46.1 Å². The summed E-state index contributed by atoms with van der Waals surface area (Å²) in [5.41, 5.74) is 1.25. The highest BCUT2D eigenvalue weighted by atomic mass is 35.5. The Hall–Kier alpha value is -2.19. The van der Waals surface area contributed by atoms with Crippen LogP contribution in [0.2, 0.25) is 10.0 Å². The van der Waals surface area contributed by atoms with Gasteiger partial charge in [-0.25, -0.2) is 9.59 Å². The predicted octanol–water partition coefficient (Wildman–Crippen LogP) is 6.45. The van der Waals surface area contributed by atoms with Crippen molar-refractivity contribution in [3.05, 3.63) is 58.1 Å². The van der Waals surface area contributed by atoms with Crippen LogP contribution >= 0.6 is 35.0 Å². The SMILES string of the molecule is CC(CN(C)C)NCc1ccccc1Sc1c(Cl)cccc1Cl.O=C(O)C(F)(F)F.O=C(O)C(F)(F)F. The van der Waals surface area contributed by atoms with E-state index in [4.69, 9.17) is 43.0 Å². The topological polar surface area (TPSA) is 89.9 Å². The van der Waals surface area contributed by atoms with E-state index in [2.05, 4.69) is 49.4 Å². The molecular weight excluding hydrogens is 573 g/mol. The number of carboxylic acids is 2. The maximum atomic E-state index is 10.6. The van der Waals surface area contributed by atoms with Crippen LogP contribution in [0.25, 0.3) is 0 Å². The van der Waals surface area contributed by atoms with E-state index < -0.39 is 24.3 Å². The summed E-state index contributed by atoms with van der Waals surface area (Å²) in [4.78, 5) is 22.1. The molecule has 0 saturated heterocycles. The van der Waals surface area contributed by atoms with Crippen molar-refractivity contribution in [2.45, 2.75) is 41.7 Å². The van der Waals surface area contributed by atoms with Gasteiger partial charge in [-0.15, -0.1) is 0 Å². The van der Waals surface area contributed by atoms with E-state index >= 15 is 0 Å². The molecule has 0 amide bonds. The van der Waals surface area contributed by atoms with Crippen LogP contribution < -0.4 is 5.32 Å². The lowest BCUT2D eigenvalue weighted by Gasteiger charge is -2.19. The number of carboxylic acid groups (broad SMARTS) is 2. The molecular formula is C22H24Cl2F6N2O4S. The summed E-state index contributed by atoms with van der Waals surface area (Å²) in [6.45, 7) is 4.02. The van der Waals surface area contributed by atoms with Gasteiger partial charge in [-0.1, -0.05) is 59.2 Å². The molecule has 0 aliphatic carbocycles. The lowest BCUT2D eigenvalue weighted by Crippen LogP contribution is -2.35. The Morgan fingerprint density at radius 3 is 1.76 bits per heavy atom. The van der Waals surface area contributed by atoms with E-state index in [0.717, 1.165) is 18.0 Å². The number of aliphatic carboxylic acids is 2. The second-order valence-corrected chi connectivity index (χ2v) is 9.28. The highest BCUT2D eigenvalue weighted by Crippen LogP contribution is 2.39. The Balaban J connectivity index is 0.000000761. The van der Waals surface area contributed by atoms with Crippen molar-refractivity contribution in [1.29, 1.82) is 0 Å². The first-order chi connectivity index (χ1) is 16.9. The summed E-state index contributed by atoms with van der Waals surface area (Å²) < 4.78 is 63.5. The third-order valence-electron chi connectivity index (χ3n) is 3.87. The molecule has 37 heavy (non-hydrogen) atoms. The molecule has 2 aromatic rings. The molecule has 0 radical (unpaired) electrons. The molecule has 0 aliphatic rings. The van der Waals surface area contributed by atoms with Crippen LogP contribution in [0.4, 0.5) is 26.3 Å². The molecule has 6 nitrogen and oxygen atoms in total. The molecule has 0 aromatic heterocycles. The minimum atomic E-state index is -5.08. The van der Waals surface area contributed by atoms with Crippen LogP contribution in [0, 0.1) is 0 Å². The number of likely N-dealkylation sites (N-methyl/N-ethyl adjacent to an activating group) is 1. The van der Waals surface area contributed by atoms with Crippen LogP contribution in [0.3, 0.4) is 0 Å². The van der Waals surface area contributed by atoms with E-state index in [-0.39, 0.29) is 0 Å². The van der Waals surface area contributed by atoms with Crippen molar-refractivity contribution >= 4 is 46.9 Å². The summed E-state index contributed by atoms with van der Waals surface area (Å²) in [7, 11) is 4.17. The van der Waals surface area contributed by atoms with E-state index in [1.807, 2.05) is 24.3 Å². The quantitative estimate of drug-likeness (QED) is 0.316. The number of halogens is 8. The minimum Gasteiger partial charge on any atom is -0.475 e. The molecule has 15 heteroatoms. The van der Waals surface area contributed by atoms with E-state index in [9.17, 15) is 26.3 Å². The number of carbonyl (C=O) groups is 2.